The van der Waals surface area contributed by atoms with Crippen LogP contribution in [-0.4, -0.2) is 31.8 Å². The van der Waals surface area contributed by atoms with E-state index in [0.717, 1.165) is 23.8 Å². The summed E-state index contributed by atoms with van der Waals surface area (Å²) in [7, 11) is 0. The van der Waals surface area contributed by atoms with E-state index in [1.165, 1.54) is 24.4 Å². The molecule has 1 amide bonds. The van der Waals surface area contributed by atoms with Crippen molar-refractivity contribution in [1.82, 2.24) is 14.7 Å². The van der Waals surface area contributed by atoms with Gasteiger partial charge in [-0.3, -0.25) is 14.0 Å². The summed E-state index contributed by atoms with van der Waals surface area (Å²) in [5.41, 5.74) is 1.53. The van der Waals surface area contributed by atoms with Gasteiger partial charge in [-0.05, 0) is 85.8 Å². The van der Waals surface area contributed by atoms with Crippen LogP contribution in [0, 0.1) is 17.5 Å². The molecule has 4 rings (SSSR count). The van der Waals surface area contributed by atoms with E-state index in [4.69, 9.17) is 0 Å². The van der Waals surface area contributed by atoms with Gasteiger partial charge in [-0.15, -0.1) is 0 Å². The predicted molar refractivity (Wildman–Crippen MR) is 132 cm³/mol. The van der Waals surface area contributed by atoms with Gasteiger partial charge in [0.2, 0.25) is 0 Å². The molecule has 0 aliphatic heterocycles. The molecule has 37 heavy (non-hydrogen) atoms. The summed E-state index contributed by atoms with van der Waals surface area (Å²) >= 11 is 0. The van der Waals surface area contributed by atoms with Gasteiger partial charge in [0.25, 0.3) is 5.91 Å². The number of carbonyl (C=O) groups excluding carboxylic acids is 2. The average molecular weight is 510 g/mol. The van der Waals surface area contributed by atoms with Crippen molar-refractivity contribution in [2.45, 2.75) is 45.3 Å². The maximum absolute atomic E-state index is 14.5. The number of aliphatic hydroxyl groups is 1. The minimum absolute atomic E-state index is 0.0437. The summed E-state index contributed by atoms with van der Waals surface area (Å²) in [6.07, 6.45) is 4.07. The Hall–Kier alpha value is -3.98. The molecule has 0 atom stereocenters. The third-order valence-electron chi connectivity index (χ3n) is 5.98. The van der Waals surface area contributed by atoms with Crippen molar-refractivity contribution in [3.8, 4) is 0 Å². The molecule has 6 nitrogen and oxygen atoms in total. The number of pyridine rings is 1. The number of aryl methyl sites for hydroxylation is 1. The number of aromatic nitrogens is 2. The van der Waals surface area contributed by atoms with Gasteiger partial charge in [-0.1, -0.05) is 6.07 Å². The minimum atomic E-state index is -1.02. The van der Waals surface area contributed by atoms with Crippen LogP contribution in [0.15, 0.2) is 60.9 Å². The van der Waals surface area contributed by atoms with E-state index in [1.807, 2.05) is 12.1 Å². The first-order valence-corrected chi connectivity index (χ1v) is 11.7. The Morgan fingerprint density at radius 3 is 2.46 bits per heavy atom. The Balaban J connectivity index is 1.46. The number of fused-ring (bicyclic) bond motifs is 1. The third-order valence-corrected chi connectivity index (χ3v) is 5.98. The number of rotatable bonds is 9. The van der Waals surface area contributed by atoms with E-state index in [1.54, 1.807) is 24.4 Å². The highest BCUT2D eigenvalue weighted by Gasteiger charge is 2.18. The summed E-state index contributed by atoms with van der Waals surface area (Å²) in [4.78, 5) is 29.9. The number of ketones is 1. The van der Waals surface area contributed by atoms with Crippen molar-refractivity contribution >= 4 is 17.3 Å². The molecule has 192 valence electrons. The lowest BCUT2D eigenvalue weighted by Gasteiger charge is -2.16. The van der Waals surface area contributed by atoms with Crippen LogP contribution in [0.1, 0.15) is 57.8 Å². The van der Waals surface area contributed by atoms with Gasteiger partial charge >= 0.3 is 0 Å². The Morgan fingerprint density at radius 1 is 0.973 bits per heavy atom. The quantitative estimate of drug-likeness (QED) is 0.317. The number of hydrogen-bond acceptors (Lipinski definition) is 4. The van der Waals surface area contributed by atoms with Gasteiger partial charge < -0.3 is 10.4 Å². The van der Waals surface area contributed by atoms with Crippen LogP contribution in [0.25, 0.3) is 5.65 Å². The van der Waals surface area contributed by atoms with E-state index >= 15 is 0 Å². The second kappa shape index (κ2) is 10.6. The van der Waals surface area contributed by atoms with Gasteiger partial charge in [0.05, 0.1) is 11.8 Å². The summed E-state index contributed by atoms with van der Waals surface area (Å²) < 4.78 is 42.6. The van der Waals surface area contributed by atoms with Crippen molar-refractivity contribution in [2.75, 3.05) is 0 Å². The summed E-state index contributed by atoms with van der Waals surface area (Å²) in [5.74, 6) is -3.57. The minimum Gasteiger partial charge on any atom is -0.390 e. The molecular formula is C28H26F3N3O3. The van der Waals surface area contributed by atoms with E-state index < -0.39 is 29.0 Å². The molecule has 0 radical (unpaired) electrons. The van der Waals surface area contributed by atoms with Crippen LogP contribution in [0.4, 0.5) is 13.2 Å². The van der Waals surface area contributed by atoms with Crippen molar-refractivity contribution < 1.29 is 27.9 Å². The second-order valence-corrected chi connectivity index (χ2v) is 9.56. The van der Waals surface area contributed by atoms with E-state index in [-0.39, 0.29) is 35.6 Å². The summed E-state index contributed by atoms with van der Waals surface area (Å²) in [5, 5.41) is 12.5. The van der Waals surface area contributed by atoms with Gasteiger partial charge in [0, 0.05) is 24.7 Å². The first kappa shape index (κ1) is 26.1. The number of hydrogen-bond donors (Lipinski definition) is 2. The molecule has 0 saturated heterocycles. The van der Waals surface area contributed by atoms with Crippen LogP contribution in [0.5, 0.6) is 0 Å². The molecule has 9 heteroatoms. The lowest BCUT2D eigenvalue weighted by molar-refractivity contribution is 0.0713. The van der Waals surface area contributed by atoms with Gasteiger partial charge in [0.15, 0.2) is 17.4 Å². The number of nitrogens with one attached hydrogen (secondary N) is 1. The van der Waals surface area contributed by atoms with Crippen molar-refractivity contribution in [3.63, 3.8) is 0 Å². The fraction of sp³-hybridized carbons (Fsp3) is 0.250. The average Bonchev–Trinajstić information content (AvgIpc) is 3.27. The van der Waals surface area contributed by atoms with Crippen LogP contribution >= 0.6 is 0 Å². The van der Waals surface area contributed by atoms with E-state index in [0.29, 0.717) is 24.1 Å². The first-order valence-electron chi connectivity index (χ1n) is 11.7. The molecule has 0 unspecified atom stereocenters. The lowest BCUT2D eigenvalue weighted by atomic mass is 9.99. The summed E-state index contributed by atoms with van der Waals surface area (Å²) in [6.45, 7) is 3.42. The van der Waals surface area contributed by atoms with E-state index in [2.05, 4.69) is 10.3 Å². The van der Waals surface area contributed by atoms with Crippen LogP contribution in [0.3, 0.4) is 0 Å². The number of Topliss-reactive ketones (excluding diaryl/α,β-unsaturated/α-hetero) is 1. The predicted octanol–water partition coefficient (Wildman–Crippen LogP) is 4.81. The fourth-order valence-corrected chi connectivity index (χ4v) is 3.88. The Kier molecular flexibility index (Phi) is 7.45. The number of imidazole rings is 1. The molecule has 2 N–H and O–H groups in total. The fourth-order valence-electron chi connectivity index (χ4n) is 3.88. The SMILES string of the molecule is CC(C)(O)CCc1ccn2c(C(=O)Cc3cc(C(=O)NCc4ccc(F)c(F)c4)ccc3F)cnc2c1. The Bertz CT molecular complexity index is 1470. The highest BCUT2D eigenvalue weighted by molar-refractivity contribution is 5.98. The zero-order valence-electron chi connectivity index (χ0n) is 20.4. The lowest BCUT2D eigenvalue weighted by Crippen LogP contribution is -2.23. The standard InChI is InChI=1S/C28H26F3N3O3/c1-28(2,37)9-7-17-8-10-34-24(16-32-26(34)12-17)25(35)14-20-13-19(4-6-21(20)29)27(36)33-15-18-3-5-22(30)23(31)11-18/h3-6,8,10-13,16,37H,7,9,14-15H2,1-2H3,(H,33,36). The number of nitrogens with zero attached hydrogens (tertiary/aromatic N) is 2. The van der Waals surface area contributed by atoms with E-state index in [9.17, 15) is 27.9 Å². The van der Waals surface area contributed by atoms with Crippen LogP contribution < -0.4 is 5.32 Å². The van der Waals surface area contributed by atoms with Gasteiger partial charge in [-0.25, -0.2) is 18.2 Å². The molecule has 0 aliphatic rings. The van der Waals surface area contributed by atoms with Gasteiger partial charge in [-0.2, -0.15) is 0 Å². The topological polar surface area (TPSA) is 83.7 Å². The van der Waals surface area contributed by atoms with Crippen molar-refractivity contribution in [2.24, 2.45) is 0 Å². The molecule has 2 aromatic carbocycles. The first-order chi connectivity index (χ1) is 17.5. The molecule has 4 aromatic rings. The normalized spacial score (nSPS) is 11.6. The van der Waals surface area contributed by atoms with Crippen molar-refractivity contribution in [3.05, 3.63) is 106 Å². The van der Waals surface area contributed by atoms with Gasteiger partial charge in [0.1, 0.15) is 17.2 Å². The smallest absolute Gasteiger partial charge is 0.251 e. The third kappa shape index (κ3) is 6.42. The van der Waals surface area contributed by atoms with Crippen LogP contribution in [-0.2, 0) is 19.4 Å². The van der Waals surface area contributed by atoms with Crippen LogP contribution in [0.2, 0.25) is 0 Å². The highest BCUT2D eigenvalue weighted by atomic mass is 19.2. The molecule has 0 aliphatic carbocycles. The van der Waals surface area contributed by atoms with Crippen molar-refractivity contribution in [1.29, 1.82) is 0 Å². The second-order valence-electron chi connectivity index (χ2n) is 9.56. The maximum atomic E-state index is 14.5. The number of amides is 1. The highest BCUT2D eigenvalue weighted by Crippen LogP contribution is 2.18. The number of benzene rings is 2. The monoisotopic (exact) mass is 509 g/mol. The molecule has 0 saturated carbocycles. The summed E-state index contributed by atoms with van der Waals surface area (Å²) in [6, 6.07) is 10.7. The number of carbonyl (C=O) groups is 2. The maximum Gasteiger partial charge on any atom is 0.251 e. The zero-order valence-corrected chi connectivity index (χ0v) is 20.4. The molecule has 2 heterocycles. The Labute approximate surface area is 211 Å². The molecule has 0 spiro atoms. The largest absolute Gasteiger partial charge is 0.390 e. The molecule has 2 aromatic heterocycles. The molecule has 0 fully saturated rings. The molecular weight excluding hydrogens is 483 g/mol. The Morgan fingerprint density at radius 2 is 1.73 bits per heavy atom. The zero-order chi connectivity index (χ0) is 26.7. The number of halogens is 3. The molecule has 0 bridgehead atoms.